The van der Waals surface area contributed by atoms with Crippen molar-refractivity contribution in [1.82, 2.24) is 4.57 Å². The third-order valence-electron chi connectivity index (χ3n) is 11.2. The molecule has 0 saturated carbocycles. The predicted octanol–water partition coefficient (Wildman–Crippen LogP) is 13.9. The van der Waals surface area contributed by atoms with Crippen molar-refractivity contribution in [3.05, 3.63) is 205 Å². The van der Waals surface area contributed by atoms with E-state index in [1.807, 2.05) is 0 Å². The molecule has 0 atom stereocenters. The number of anilines is 3. The normalized spacial score (nSPS) is 12.9. The van der Waals surface area contributed by atoms with Crippen molar-refractivity contribution in [2.45, 2.75) is 19.3 Å². The van der Waals surface area contributed by atoms with Crippen LogP contribution in [0.25, 0.3) is 60.9 Å². The number of aromatic nitrogens is 1. The lowest BCUT2D eigenvalue weighted by Crippen LogP contribution is -2.16. The van der Waals surface area contributed by atoms with Crippen molar-refractivity contribution >= 4 is 38.9 Å². The van der Waals surface area contributed by atoms with E-state index in [1.54, 1.807) is 0 Å². The molecule has 10 rings (SSSR count). The molecule has 0 fully saturated rings. The Hall–Kier alpha value is -6.64. The van der Waals surface area contributed by atoms with Crippen molar-refractivity contribution in [3.63, 3.8) is 0 Å². The molecule has 0 aliphatic heterocycles. The Morgan fingerprint density at radius 3 is 1.81 bits per heavy atom. The highest BCUT2D eigenvalue weighted by Crippen LogP contribution is 2.51. The number of nitrogens with zero attached hydrogens (tertiary/aromatic N) is 2. The largest absolute Gasteiger partial charge is 0.310 e. The first-order valence-corrected chi connectivity index (χ1v) is 18.4. The van der Waals surface area contributed by atoms with E-state index in [2.05, 4.69) is 217 Å². The molecule has 1 aliphatic carbocycles. The van der Waals surface area contributed by atoms with Gasteiger partial charge >= 0.3 is 0 Å². The molecule has 0 spiro atoms. The molecule has 53 heavy (non-hydrogen) atoms. The summed E-state index contributed by atoms with van der Waals surface area (Å²) in [4.78, 5) is 2.43. The number of benzene rings is 8. The molecule has 252 valence electrons. The Bertz CT molecular complexity index is 2790. The van der Waals surface area contributed by atoms with Crippen LogP contribution < -0.4 is 4.90 Å². The molecular weight excluding hydrogens is 641 g/mol. The Morgan fingerprint density at radius 1 is 0.396 bits per heavy atom. The van der Waals surface area contributed by atoms with E-state index in [0.29, 0.717) is 0 Å². The van der Waals surface area contributed by atoms with Gasteiger partial charge in [-0.25, -0.2) is 0 Å². The summed E-state index contributed by atoms with van der Waals surface area (Å²) in [6, 6.07) is 70.8. The highest BCUT2D eigenvalue weighted by Gasteiger charge is 2.35. The van der Waals surface area contributed by atoms with Gasteiger partial charge in [-0.15, -0.1) is 0 Å². The zero-order valence-corrected chi connectivity index (χ0v) is 29.9. The Labute approximate surface area is 310 Å². The summed E-state index contributed by atoms with van der Waals surface area (Å²) >= 11 is 0. The Morgan fingerprint density at radius 2 is 1.00 bits per heavy atom. The van der Waals surface area contributed by atoms with Crippen LogP contribution in [0.15, 0.2) is 194 Å². The van der Waals surface area contributed by atoms with Gasteiger partial charge in [0.15, 0.2) is 0 Å². The van der Waals surface area contributed by atoms with E-state index in [4.69, 9.17) is 0 Å². The predicted molar refractivity (Wildman–Crippen MR) is 224 cm³/mol. The lowest BCUT2D eigenvalue weighted by atomic mass is 9.82. The van der Waals surface area contributed by atoms with E-state index < -0.39 is 0 Å². The molecule has 2 heteroatoms. The summed E-state index contributed by atoms with van der Waals surface area (Å²) in [5.41, 5.74) is 17.1. The third-order valence-corrected chi connectivity index (χ3v) is 11.2. The maximum Gasteiger partial charge on any atom is 0.0541 e. The first-order valence-electron chi connectivity index (χ1n) is 18.4. The molecule has 0 bridgehead atoms. The summed E-state index contributed by atoms with van der Waals surface area (Å²) < 4.78 is 2.37. The summed E-state index contributed by atoms with van der Waals surface area (Å²) in [6.45, 7) is 4.71. The minimum absolute atomic E-state index is 0.0985. The quantitative estimate of drug-likeness (QED) is 0.170. The van der Waals surface area contributed by atoms with Gasteiger partial charge in [0.25, 0.3) is 0 Å². The van der Waals surface area contributed by atoms with Crippen molar-refractivity contribution in [3.8, 4) is 39.1 Å². The molecule has 0 saturated heterocycles. The molecule has 0 radical (unpaired) electrons. The SMILES string of the molecule is CC1(C)c2ccccc2-c2ccc(N(c3ccc(-c4ccc5c(c4)c4ccccc4n5-c4ccccc4)cc3)c3ccccc3-c3ccccc3)cc21. The van der Waals surface area contributed by atoms with Crippen LogP contribution in [0.1, 0.15) is 25.0 Å². The smallest absolute Gasteiger partial charge is 0.0541 e. The van der Waals surface area contributed by atoms with Gasteiger partial charge in [-0.1, -0.05) is 147 Å². The average molecular weight is 679 g/mol. The molecule has 9 aromatic rings. The minimum atomic E-state index is -0.0985. The molecule has 0 unspecified atom stereocenters. The fourth-order valence-corrected chi connectivity index (χ4v) is 8.60. The van der Waals surface area contributed by atoms with Crippen LogP contribution in [0, 0.1) is 0 Å². The van der Waals surface area contributed by atoms with Gasteiger partial charge in [-0.2, -0.15) is 0 Å². The number of fused-ring (bicyclic) bond motifs is 6. The first kappa shape index (κ1) is 31.1. The van der Waals surface area contributed by atoms with Gasteiger partial charge in [0.05, 0.1) is 16.7 Å². The zero-order chi connectivity index (χ0) is 35.5. The topological polar surface area (TPSA) is 8.17 Å². The van der Waals surface area contributed by atoms with Crippen LogP contribution >= 0.6 is 0 Å². The molecule has 0 N–H and O–H groups in total. The lowest BCUT2D eigenvalue weighted by Gasteiger charge is -2.30. The second kappa shape index (κ2) is 12.3. The van der Waals surface area contributed by atoms with Gasteiger partial charge in [0, 0.05) is 38.8 Å². The van der Waals surface area contributed by atoms with Crippen LogP contribution in [0.2, 0.25) is 0 Å². The average Bonchev–Trinajstić information content (AvgIpc) is 3.67. The van der Waals surface area contributed by atoms with Gasteiger partial charge in [0.1, 0.15) is 0 Å². The number of para-hydroxylation sites is 3. The third kappa shape index (κ3) is 5.02. The summed E-state index contributed by atoms with van der Waals surface area (Å²) in [7, 11) is 0. The monoisotopic (exact) mass is 678 g/mol. The fraction of sp³-hybridized carbons (Fsp3) is 0.0588. The standard InChI is InChI=1S/C51H38N2/c1-51(2)46-22-12-9-20-42(46)43-31-30-40(34-47(43)51)52(48-23-13-10-19-41(48)36-15-5-3-6-16-36)39-28-25-35(26-29-39)37-27-32-50-45(33-37)44-21-11-14-24-49(44)53(50)38-17-7-4-8-18-38/h3-34H,1-2H3. The molecule has 1 heterocycles. The van der Waals surface area contributed by atoms with Crippen LogP contribution in [0.5, 0.6) is 0 Å². The van der Waals surface area contributed by atoms with Gasteiger partial charge in [-0.05, 0) is 99.6 Å². The molecule has 1 aromatic heterocycles. The van der Waals surface area contributed by atoms with E-state index in [0.717, 1.165) is 17.1 Å². The summed E-state index contributed by atoms with van der Waals surface area (Å²) in [5, 5.41) is 2.52. The summed E-state index contributed by atoms with van der Waals surface area (Å²) in [6.07, 6.45) is 0. The molecule has 0 amide bonds. The molecule has 1 aliphatic rings. The van der Waals surface area contributed by atoms with E-state index in [-0.39, 0.29) is 5.41 Å². The Kier molecular flexibility index (Phi) is 7.19. The van der Waals surface area contributed by atoms with E-state index in [1.165, 1.54) is 72.0 Å². The van der Waals surface area contributed by atoms with Crippen molar-refractivity contribution in [2.75, 3.05) is 4.90 Å². The van der Waals surface area contributed by atoms with E-state index in [9.17, 15) is 0 Å². The van der Waals surface area contributed by atoms with Crippen LogP contribution in [0.3, 0.4) is 0 Å². The fourth-order valence-electron chi connectivity index (χ4n) is 8.60. The molecular formula is C51H38N2. The zero-order valence-electron chi connectivity index (χ0n) is 29.9. The maximum atomic E-state index is 2.43. The number of hydrogen-bond donors (Lipinski definition) is 0. The maximum absolute atomic E-state index is 2.43. The van der Waals surface area contributed by atoms with Crippen molar-refractivity contribution < 1.29 is 0 Å². The van der Waals surface area contributed by atoms with Crippen LogP contribution in [-0.4, -0.2) is 4.57 Å². The second-order valence-corrected chi connectivity index (χ2v) is 14.6. The highest BCUT2D eigenvalue weighted by molar-refractivity contribution is 6.10. The second-order valence-electron chi connectivity index (χ2n) is 14.6. The molecule has 2 nitrogen and oxygen atoms in total. The summed E-state index contributed by atoms with van der Waals surface area (Å²) in [5.74, 6) is 0. The lowest BCUT2D eigenvalue weighted by molar-refractivity contribution is 0.660. The minimum Gasteiger partial charge on any atom is -0.310 e. The van der Waals surface area contributed by atoms with Crippen LogP contribution in [0.4, 0.5) is 17.1 Å². The van der Waals surface area contributed by atoms with E-state index >= 15 is 0 Å². The molecule has 8 aromatic carbocycles. The van der Waals surface area contributed by atoms with Gasteiger partial charge in [-0.3, -0.25) is 0 Å². The van der Waals surface area contributed by atoms with Crippen molar-refractivity contribution in [1.29, 1.82) is 0 Å². The number of rotatable bonds is 6. The number of hydrogen-bond acceptors (Lipinski definition) is 1. The van der Waals surface area contributed by atoms with Gasteiger partial charge < -0.3 is 9.47 Å². The highest BCUT2D eigenvalue weighted by atomic mass is 15.1. The van der Waals surface area contributed by atoms with Gasteiger partial charge in [0.2, 0.25) is 0 Å². The first-order chi connectivity index (χ1) is 26.1. The van der Waals surface area contributed by atoms with Crippen molar-refractivity contribution in [2.24, 2.45) is 0 Å². The van der Waals surface area contributed by atoms with Crippen LogP contribution in [-0.2, 0) is 5.41 Å². The Balaban J connectivity index is 1.11.